The van der Waals surface area contributed by atoms with E-state index in [4.69, 9.17) is 16.2 Å². The van der Waals surface area contributed by atoms with Gasteiger partial charge in [-0.2, -0.15) is 20.2 Å². The van der Waals surface area contributed by atoms with Crippen LogP contribution >= 0.6 is 0 Å². The minimum Gasteiger partial charge on any atom is -0.466 e. The number of allylic oxidation sites excluding steroid dienone is 2. The molecule has 0 radical (unpaired) electrons. The molecule has 0 aliphatic carbocycles. The number of hydrogen-bond acceptors (Lipinski definition) is 8. The first kappa shape index (κ1) is 43.5. The first-order chi connectivity index (χ1) is 29.0. The number of nitrogens with two attached hydrogens (primary N) is 2. The maximum atomic E-state index is 14.0. The number of rotatable bonds is 14. The lowest BCUT2D eigenvalue weighted by Crippen LogP contribution is -2.28. The van der Waals surface area contributed by atoms with Crippen LogP contribution in [-0.2, 0) is 56.2 Å². The Labute approximate surface area is 351 Å². The maximum absolute atomic E-state index is 14.0. The summed E-state index contributed by atoms with van der Waals surface area (Å²) in [6, 6.07) is 11.8. The molecule has 4 N–H and O–H groups in total. The molecule has 320 valence electrons. The van der Waals surface area contributed by atoms with Gasteiger partial charge >= 0.3 is 5.97 Å². The highest BCUT2D eigenvalue weighted by Crippen LogP contribution is 2.25. The summed E-state index contributed by atoms with van der Waals surface area (Å²) in [5.41, 5.74) is 19.6. The zero-order valence-corrected chi connectivity index (χ0v) is 36.1. The molecule has 0 atom stereocenters. The van der Waals surface area contributed by atoms with Crippen molar-refractivity contribution in [2.75, 3.05) is 6.61 Å². The lowest BCUT2D eigenvalue weighted by molar-refractivity contribution is -0.143. The van der Waals surface area contributed by atoms with Gasteiger partial charge < -0.3 is 34.5 Å². The van der Waals surface area contributed by atoms with Crippen molar-refractivity contribution in [3.05, 3.63) is 104 Å². The molecule has 6 aromatic rings. The summed E-state index contributed by atoms with van der Waals surface area (Å²) in [5, 5.41) is 8.87. The molecule has 0 aliphatic rings. The fourth-order valence-corrected chi connectivity index (χ4v) is 7.54. The number of ether oxygens (including phenoxy) is 1. The molecular formula is C43H52N12O6. The Morgan fingerprint density at radius 2 is 1.18 bits per heavy atom. The van der Waals surface area contributed by atoms with E-state index >= 15 is 0 Å². The number of amides is 4. The van der Waals surface area contributed by atoms with Crippen molar-refractivity contribution in [2.24, 2.45) is 35.5 Å². The number of aryl methyl sites for hydroxylation is 7. The SMILES string of the molecule is CCOC(=O)CCc1cc(C(N)=O)cc2c1n(C/C(C)=C(\C)Cn1c(=NC(=O)c3cc(C)nn3CC)n(C)c3cc(C(N)=O)ccc31)c(=NC(=O)c1cc(C)nn1CC)n2C. The standard InChI is InChI=1S/C43H52N12O6/c1-10-54-34(17-26(6)48-54)40(59)46-42-50(8)32-20-29(38(44)57)13-15-31(32)52(42)22-24(4)25(5)23-53-37-28(14-16-36(56)61-12-3)19-30(39(45)58)21-33(37)51(9)43(53)47-41(60)35-18-27(7)49-55(35)11-2/h13,15,17-21H,10-12,14,16,22-23H2,1-9H3,(H2,44,57)(H2,45,58)/b25-24+,46-42?,47-43?. The molecule has 0 saturated heterocycles. The summed E-state index contributed by atoms with van der Waals surface area (Å²) in [5.74, 6) is -2.64. The van der Waals surface area contributed by atoms with Crippen LogP contribution < -0.4 is 22.7 Å². The fraction of sp³-hybridized carbons (Fsp3) is 0.372. The summed E-state index contributed by atoms with van der Waals surface area (Å²) in [4.78, 5) is 74.6. The third-order valence-electron chi connectivity index (χ3n) is 10.7. The van der Waals surface area contributed by atoms with E-state index in [2.05, 4.69) is 20.2 Å². The highest BCUT2D eigenvalue weighted by molar-refractivity contribution is 5.98. The van der Waals surface area contributed by atoms with Gasteiger partial charge in [0.1, 0.15) is 11.4 Å². The molecule has 18 heteroatoms. The minimum absolute atomic E-state index is 0.0348. The molecule has 2 aromatic carbocycles. The lowest BCUT2D eigenvalue weighted by atomic mass is 10.0. The Kier molecular flexibility index (Phi) is 12.6. The van der Waals surface area contributed by atoms with Crippen LogP contribution in [0.1, 0.15) is 99.7 Å². The van der Waals surface area contributed by atoms with Crippen molar-refractivity contribution >= 4 is 51.7 Å². The van der Waals surface area contributed by atoms with Crippen LogP contribution in [0, 0.1) is 13.8 Å². The predicted molar refractivity (Wildman–Crippen MR) is 227 cm³/mol. The van der Waals surface area contributed by atoms with Crippen molar-refractivity contribution in [1.82, 2.24) is 37.8 Å². The number of aromatic nitrogens is 8. The number of esters is 1. The molecule has 4 heterocycles. The van der Waals surface area contributed by atoms with E-state index in [0.29, 0.717) is 74.7 Å². The van der Waals surface area contributed by atoms with Gasteiger partial charge in [0.05, 0.1) is 40.1 Å². The van der Waals surface area contributed by atoms with Crippen LogP contribution in [0.4, 0.5) is 0 Å². The number of imidazole rings is 2. The van der Waals surface area contributed by atoms with Gasteiger partial charge in [0.15, 0.2) is 0 Å². The molecule has 0 spiro atoms. The van der Waals surface area contributed by atoms with E-state index in [1.165, 1.54) is 0 Å². The third-order valence-corrected chi connectivity index (χ3v) is 10.7. The largest absolute Gasteiger partial charge is 0.466 e. The van der Waals surface area contributed by atoms with Crippen molar-refractivity contribution in [3.63, 3.8) is 0 Å². The molecule has 4 amide bonds. The van der Waals surface area contributed by atoms with Gasteiger partial charge in [0, 0.05) is 57.8 Å². The molecule has 0 unspecified atom stereocenters. The Morgan fingerprint density at radius 3 is 1.70 bits per heavy atom. The molecule has 0 fully saturated rings. The number of carbonyl (C=O) groups is 5. The van der Waals surface area contributed by atoms with E-state index in [1.54, 1.807) is 88.9 Å². The number of primary amides is 2. The van der Waals surface area contributed by atoms with Crippen LogP contribution in [0.5, 0.6) is 0 Å². The summed E-state index contributed by atoms with van der Waals surface area (Å²) in [7, 11) is 3.52. The Bertz CT molecular complexity index is 2940. The average molecular weight is 833 g/mol. The second-order valence-corrected chi connectivity index (χ2v) is 15.0. The van der Waals surface area contributed by atoms with Crippen molar-refractivity contribution < 1.29 is 28.7 Å². The Morgan fingerprint density at radius 1 is 0.672 bits per heavy atom. The topological polar surface area (TPSA) is 227 Å². The van der Waals surface area contributed by atoms with Gasteiger partial charge in [-0.1, -0.05) is 11.1 Å². The van der Waals surface area contributed by atoms with Crippen LogP contribution in [0.3, 0.4) is 0 Å². The fourth-order valence-electron chi connectivity index (χ4n) is 7.54. The van der Waals surface area contributed by atoms with Crippen molar-refractivity contribution in [3.8, 4) is 0 Å². The van der Waals surface area contributed by atoms with Crippen LogP contribution in [-0.4, -0.2) is 74.0 Å². The first-order valence-electron chi connectivity index (χ1n) is 20.1. The molecular weight excluding hydrogens is 781 g/mol. The first-order valence-corrected chi connectivity index (χ1v) is 20.1. The van der Waals surface area contributed by atoms with Gasteiger partial charge in [0.2, 0.25) is 23.1 Å². The van der Waals surface area contributed by atoms with Crippen molar-refractivity contribution in [1.29, 1.82) is 0 Å². The van der Waals surface area contributed by atoms with Crippen LogP contribution in [0.15, 0.2) is 63.6 Å². The van der Waals surface area contributed by atoms with Gasteiger partial charge in [0.25, 0.3) is 11.8 Å². The number of carbonyl (C=O) groups excluding carboxylic acids is 5. The Hall–Kier alpha value is -7.11. The van der Waals surface area contributed by atoms with Crippen LogP contribution in [0.25, 0.3) is 22.1 Å². The predicted octanol–water partition coefficient (Wildman–Crippen LogP) is 3.53. The van der Waals surface area contributed by atoms with E-state index < -0.39 is 29.6 Å². The van der Waals surface area contributed by atoms with Gasteiger partial charge in [-0.05, 0) is 103 Å². The zero-order valence-electron chi connectivity index (χ0n) is 36.1. The second kappa shape index (κ2) is 17.6. The molecule has 0 aliphatic heterocycles. The molecule has 0 bridgehead atoms. The number of fused-ring (bicyclic) bond motifs is 2. The molecule has 0 saturated carbocycles. The van der Waals surface area contributed by atoms with Crippen LogP contribution in [0.2, 0.25) is 0 Å². The lowest BCUT2D eigenvalue weighted by Gasteiger charge is -2.14. The van der Waals surface area contributed by atoms with Gasteiger partial charge in [-0.15, -0.1) is 0 Å². The monoisotopic (exact) mass is 832 g/mol. The Balaban J connectivity index is 1.56. The smallest absolute Gasteiger partial charge is 0.306 e. The van der Waals surface area contributed by atoms with Gasteiger partial charge in [-0.3, -0.25) is 33.3 Å². The van der Waals surface area contributed by atoms with E-state index in [-0.39, 0.29) is 43.7 Å². The summed E-state index contributed by atoms with van der Waals surface area (Å²) in [6.07, 6.45) is 0.249. The maximum Gasteiger partial charge on any atom is 0.306 e. The number of hydrogen-bond donors (Lipinski definition) is 2. The number of benzene rings is 2. The van der Waals surface area contributed by atoms with Crippen molar-refractivity contribution in [2.45, 2.75) is 87.5 Å². The minimum atomic E-state index is -0.653. The van der Waals surface area contributed by atoms with E-state index in [9.17, 15) is 24.0 Å². The van der Waals surface area contributed by atoms with E-state index in [1.807, 2.05) is 43.8 Å². The second-order valence-electron chi connectivity index (χ2n) is 15.0. The third kappa shape index (κ3) is 8.64. The average Bonchev–Trinajstić information content (AvgIpc) is 3.95. The molecule has 4 aromatic heterocycles. The summed E-state index contributed by atoms with van der Waals surface area (Å²) < 4.78 is 15.7. The summed E-state index contributed by atoms with van der Waals surface area (Å²) >= 11 is 0. The normalized spacial score (nSPS) is 12.7. The summed E-state index contributed by atoms with van der Waals surface area (Å²) in [6.45, 7) is 14.7. The van der Waals surface area contributed by atoms with Gasteiger partial charge in [-0.25, -0.2) is 0 Å². The molecule has 6 rings (SSSR count). The highest BCUT2D eigenvalue weighted by Gasteiger charge is 2.22. The van der Waals surface area contributed by atoms with E-state index in [0.717, 1.165) is 11.1 Å². The molecule has 18 nitrogen and oxygen atoms in total. The highest BCUT2D eigenvalue weighted by atomic mass is 16.5. The number of nitrogens with zero attached hydrogens (tertiary/aromatic N) is 10. The molecule has 61 heavy (non-hydrogen) atoms. The quantitative estimate of drug-likeness (QED) is 0.122. The zero-order chi connectivity index (χ0) is 44.4.